The predicted octanol–water partition coefficient (Wildman–Crippen LogP) is 4.08. The summed E-state index contributed by atoms with van der Waals surface area (Å²) < 4.78 is 5.46. The highest BCUT2D eigenvalue weighted by atomic mass is 16.4. The topological polar surface area (TPSA) is 30.2 Å². The highest BCUT2D eigenvalue weighted by Crippen LogP contribution is 2.26. The van der Waals surface area contributed by atoms with Crippen LogP contribution in [0.3, 0.4) is 0 Å². The molecule has 3 aromatic rings. The molecule has 0 saturated heterocycles. The van der Waals surface area contributed by atoms with Crippen molar-refractivity contribution in [1.82, 2.24) is 0 Å². The molecule has 2 nitrogen and oxygen atoms in total. The van der Waals surface area contributed by atoms with Crippen molar-refractivity contribution < 1.29 is 4.42 Å². The third kappa shape index (κ3) is 1.95. The molecule has 1 heterocycles. The van der Waals surface area contributed by atoms with Crippen LogP contribution in [0.15, 0.2) is 57.7 Å². The molecule has 94 valence electrons. The van der Waals surface area contributed by atoms with Crippen molar-refractivity contribution in [3.8, 4) is 11.3 Å². The van der Waals surface area contributed by atoms with Gasteiger partial charge in [-0.15, -0.1) is 0 Å². The minimum absolute atomic E-state index is 0.283. The average molecular weight is 250 g/mol. The SMILES string of the molecule is Cc1cccc(-c2cc3ccccc3c(=O)o2)c1C. The molecule has 2 heteroatoms. The minimum Gasteiger partial charge on any atom is -0.422 e. The van der Waals surface area contributed by atoms with Gasteiger partial charge in [0, 0.05) is 5.56 Å². The lowest BCUT2D eigenvalue weighted by Gasteiger charge is -2.08. The van der Waals surface area contributed by atoms with Crippen LogP contribution in [-0.4, -0.2) is 0 Å². The molecule has 0 aliphatic carbocycles. The lowest BCUT2D eigenvalue weighted by atomic mass is 10.0. The standard InChI is InChI=1S/C17H14O2/c1-11-6-5-9-14(12(11)2)16-10-13-7-3-4-8-15(13)17(18)19-16/h3-10H,1-2H3. The average Bonchev–Trinajstić information content (AvgIpc) is 2.42. The zero-order valence-corrected chi connectivity index (χ0v) is 10.9. The van der Waals surface area contributed by atoms with Gasteiger partial charge in [0.05, 0.1) is 5.39 Å². The molecule has 0 bridgehead atoms. The van der Waals surface area contributed by atoms with Crippen molar-refractivity contribution >= 4 is 10.8 Å². The van der Waals surface area contributed by atoms with Gasteiger partial charge in [-0.2, -0.15) is 0 Å². The van der Waals surface area contributed by atoms with Crippen LogP contribution in [0.25, 0.3) is 22.1 Å². The van der Waals surface area contributed by atoms with Crippen LogP contribution >= 0.6 is 0 Å². The predicted molar refractivity (Wildman–Crippen MR) is 77.4 cm³/mol. The van der Waals surface area contributed by atoms with E-state index in [-0.39, 0.29) is 5.63 Å². The van der Waals surface area contributed by atoms with Crippen LogP contribution in [0.1, 0.15) is 11.1 Å². The summed E-state index contributed by atoms with van der Waals surface area (Å²) in [5.74, 6) is 0.630. The molecule has 0 N–H and O–H groups in total. The van der Waals surface area contributed by atoms with E-state index in [0.29, 0.717) is 11.1 Å². The first-order valence-electron chi connectivity index (χ1n) is 6.26. The van der Waals surface area contributed by atoms with Crippen molar-refractivity contribution in [3.63, 3.8) is 0 Å². The normalized spacial score (nSPS) is 10.8. The Morgan fingerprint density at radius 1 is 0.947 bits per heavy atom. The van der Waals surface area contributed by atoms with Gasteiger partial charge in [-0.3, -0.25) is 0 Å². The lowest BCUT2D eigenvalue weighted by molar-refractivity contribution is 0.534. The lowest BCUT2D eigenvalue weighted by Crippen LogP contribution is -2.00. The second kappa shape index (κ2) is 4.39. The molecule has 0 radical (unpaired) electrons. The van der Waals surface area contributed by atoms with Gasteiger partial charge in [-0.05, 0) is 42.5 Å². The Labute approximate surface area is 111 Å². The number of rotatable bonds is 1. The molecule has 2 aromatic carbocycles. The molecule has 0 saturated carbocycles. The van der Waals surface area contributed by atoms with Gasteiger partial charge >= 0.3 is 5.63 Å². The van der Waals surface area contributed by atoms with Crippen molar-refractivity contribution in [2.45, 2.75) is 13.8 Å². The van der Waals surface area contributed by atoms with Gasteiger partial charge in [0.25, 0.3) is 0 Å². The quantitative estimate of drug-likeness (QED) is 0.651. The van der Waals surface area contributed by atoms with Crippen molar-refractivity contribution in [1.29, 1.82) is 0 Å². The zero-order chi connectivity index (χ0) is 13.4. The molecule has 0 aliphatic heterocycles. The molecule has 0 amide bonds. The van der Waals surface area contributed by atoms with Crippen LogP contribution in [0.2, 0.25) is 0 Å². The summed E-state index contributed by atoms with van der Waals surface area (Å²) in [6.45, 7) is 4.10. The molecule has 0 atom stereocenters. The van der Waals surface area contributed by atoms with Crippen molar-refractivity contribution in [3.05, 3.63) is 70.1 Å². The second-order valence-corrected chi connectivity index (χ2v) is 4.73. The zero-order valence-electron chi connectivity index (χ0n) is 10.9. The summed E-state index contributed by atoms with van der Waals surface area (Å²) in [6.07, 6.45) is 0. The van der Waals surface area contributed by atoms with Gasteiger partial charge < -0.3 is 4.42 Å². The first-order valence-corrected chi connectivity index (χ1v) is 6.26. The van der Waals surface area contributed by atoms with Gasteiger partial charge in [-0.1, -0.05) is 36.4 Å². The Kier molecular flexibility index (Phi) is 2.71. The van der Waals surface area contributed by atoms with E-state index in [0.717, 1.165) is 16.5 Å². The Bertz CT molecular complexity index is 813. The van der Waals surface area contributed by atoms with E-state index >= 15 is 0 Å². The molecular weight excluding hydrogens is 236 g/mol. The van der Waals surface area contributed by atoms with E-state index in [1.165, 1.54) is 5.56 Å². The summed E-state index contributed by atoms with van der Waals surface area (Å²) in [6, 6.07) is 15.4. The van der Waals surface area contributed by atoms with Crippen LogP contribution in [0, 0.1) is 13.8 Å². The molecule has 19 heavy (non-hydrogen) atoms. The van der Waals surface area contributed by atoms with E-state index < -0.39 is 0 Å². The van der Waals surface area contributed by atoms with Crippen LogP contribution < -0.4 is 5.63 Å². The van der Waals surface area contributed by atoms with Crippen molar-refractivity contribution in [2.24, 2.45) is 0 Å². The highest BCUT2D eigenvalue weighted by Gasteiger charge is 2.09. The molecule has 3 rings (SSSR count). The molecule has 0 unspecified atom stereocenters. The molecule has 0 aliphatic rings. The third-order valence-corrected chi connectivity index (χ3v) is 3.54. The summed E-state index contributed by atoms with van der Waals surface area (Å²) in [5, 5.41) is 1.53. The molecule has 1 aromatic heterocycles. The van der Waals surface area contributed by atoms with E-state index in [9.17, 15) is 4.79 Å². The van der Waals surface area contributed by atoms with E-state index in [1.54, 1.807) is 6.07 Å². The summed E-state index contributed by atoms with van der Waals surface area (Å²) >= 11 is 0. The summed E-state index contributed by atoms with van der Waals surface area (Å²) in [4.78, 5) is 12.0. The van der Waals surface area contributed by atoms with Gasteiger partial charge in [0.15, 0.2) is 0 Å². The Hall–Kier alpha value is -2.35. The summed E-state index contributed by atoms with van der Waals surface area (Å²) in [5.41, 5.74) is 3.02. The first-order chi connectivity index (χ1) is 9.16. The number of aryl methyl sites for hydroxylation is 1. The largest absolute Gasteiger partial charge is 0.422 e. The van der Waals surface area contributed by atoms with Crippen LogP contribution in [-0.2, 0) is 0 Å². The van der Waals surface area contributed by atoms with E-state index in [2.05, 4.69) is 13.0 Å². The fourth-order valence-electron chi connectivity index (χ4n) is 2.29. The van der Waals surface area contributed by atoms with Crippen LogP contribution in [0.5, 0.6) is 0 Å². The number of fused-ring (bicyclic) bond motifs is 1. The van der Waals surface area contributed by atoms with E-state index in [4.69, 9.17) is 4.42 Å². The fraction of sp³-hybridized carbons (Fsp3) is 0.118. The Morgan fingerprint density at radius 3 is 2.58 bits per heavy atom. The molecular formula is C17H14O2. The summed E-state index contributed by atoms with van der Waals surface area (Å²) in [7, 11) is 0. The smallest absolute Gasteiger partial charge is 0.344 e. The Morgan fingerprint density at radius 2 is 1.74 bits per heavy atom. The fourth-order valence-corrected chi connectivity index (χ4v) is 2.29. The number of hydrogen-bond acceptors (Lipinski definition) is 2. The Balaban J connectivity index is 2.32. The highest BCUT2D eigenvalue weighted by molar-refractivity contribution is 5.84. The van der Waals surface area contributed by atoms with Crippen LogP contribution in [0.4, 0.5) is 0 Å². The maximum atomic E-state index is 12.0. The monoisotopic (exact) mass is 250 g/mol. The second-order valence-electron chi connectivity index (χ2n) is 4.73. The van der Waals surface area contributed by atoms with Crippen molar-refractivity contribution in [2.75, 3.05) is 0 Å². The van der Waals surface area contributed by atoms with Gasteiger partial charge in [0.1, 0.15) is 5.76 Å². The molecule has 0 spiro atoms. The maximum Gasteiger partial charge on any atom is 0.344 e. The van der Waals surface area contributed by atoms with E-state index in [1.807, 2.05) is 43.3 Å². The first kappa shape index (κ1) is 11.7. The third-order valence-electron chi connectivity index (χ3n) is 3.54. The van der Waals surface area contributed by atoms with Gasteiger partial charge in [0.2, 0.25) is 0 Å². The van der Waals surface area contributed by atoms with Gasteiger partial charge in [-0.25, -0.2) is 4.79 Å². The number of hydrogen-bond donors (Lipinski definition) is 0. The minimum atomic E-state index is -0.283. The molecule has 0 fully saturated rings. The maximum absolute atomic E-state index is 12.0. The number of benzene rings is 2.